The molecule has 28 heavy (non-hydrogen) atoms. The molecule has 4 heterocycles. The van der Waals surface area contributed by atoms with Gasteiger partial charge in [0, 0.05) is 25.3 Å². The van der Waals surface area contributed by atoms with Crippen LogP contribution in [0.1, 0.15) is 53.2 Å². The van der Waals surface area contributed by atoms with Crippen molar-refractivity contribution in [3.63, 3.8) is 0 Å². The minimum atomic E-state index is -3.09. The molecule has 0 aromatic carbocycles. The molecular formula is C19H24N4O4S. The van der Waals surface area contributed by atoms with Crippen molar-refractivity contribution in [1.82, 2.24) is 19.6 Å². The summed E-state index contributed by atoms with van der Waals surface area (Å²) in [4.78, 5) is 32.0. The Hall–Kier alpha value is -2.42. The van der Waals surface area contributed by atoms with E-state index in [4.69, 9.17) is 0 Å². The fraction of sp³-hybridized carbons (Fsp3) is 0.526. The Morgan fingerprint density at radius 2 is 1.86 bits per heavy atom. The Balaban J connectivity index is 1.62. The summed E-state index contributed by atoms with van der Waals surface area (Å²) in [6.45, 7) is 1.40. The third kappa shape index (κ3) is 3.76. The van der Waals surface area contributed by atoms with Crippen molar-refractivity contribution in [3.8, 4) is 0 Å². The molecule has 2 aliphatic rings. The van der Waals surface area contributed by atoms with Gasteiger partial charge in [-0.2, -0.15) is 0 Å². The van der Waals surface area contributed by atoms with E-state index in [1.807, 2.05) is 4.90 Å². The molecule has 2 fully saturated rings. The van der Waals surface area contributed by atoms with Gasteiger partial charge in [0.25, 0.3) is 11.8 Å². The lowest BCUT2D eigenvalue weighted by molar-refractivity contribution is 0.0758. The first-order valence-corrected chi connectivity index (χ1v) is 11.5. The quantitative estimate of drug-likeness (QED) is 0.830. The van der Waals surface area contributed by atoms with Gasteiger partial charge in [-0.15, -0.1) is 0 Å². The second-order valence-corrected chi connectivity index (χ2v) is 9.75. The van der Waals surface area contributed by atoms with Crippen LogP contribution in [0.3, 0.4) is 0 Å². The molecule has 150 valence electrons. The SMILES string of the molecule is O=C(NC1CCS(=O)(=O)C1)c1nc(C(=O)N2CCCCCC2)c2ccccn12. The average Bonchev–Trinajstić information content (AvgIpc) is 3.08. The lowest BCUT2D eigenvalue weighted by atomic mass is 10.2. The van der Waals surface area contributed by atoms with E-state index in [1.54, 1.807) is 28.8 Å². The van der Waals surface area contributed by atoms with Gasteiger partial charge >= 0.3 is 0 Å². The molecule has 2 aromatic rings. The van der Waals surface area contributed by atoms with Crippen molar-refractivity contribution in [1.29, 1.82) is 0 Å². The zero-order valence-electron chi connectivity index (χ0n) is 15.6. The van der Waals surface area contributed by atoms with Crippen LogP contribution in [-0.4, -0.2) is 65.2 Å². The third-order valence-electron chi connectivity index (χ3n) is 5.41. The van der Waals surface area contributed by atoms with Gasteiger partial charge in [0.1, 0.15) is 0 Å². The van der Waals surface area contributed by atoms with Crippen molar-refractivity contribution in [2.45, 2.75) is 38.1 Å². The predicted molar refractivity (Wildman–Crippen MR) is 104 cm³/mol. The van der Waals surface area contributed by atoms with Crippen LogP contribution in [0.15, 0.2) is 24.4 Å². The second-order valence-electron chi connectivity index (χ2n) is 7.52. The van der Waals surface area contributed by atoms with Crippen LogP contribution in [0.25, 0.3) is 5.52 Å². The number of nitrogens with zero attached hydrogens (tertiary/aromatic N) is 3. The van der Waals surface area contributed by atoms with Crippen LogP contribution in [0.2, 0.25) is 0 Å². The van der Waals surface area contributed by atoms with Crippen LogP contribution < -0.4 is 5.32 Å². The molecule has 4 rings (SSSR count). The number of fused-ring (bicyclic) bond motifs is 1. The summed E-state index contributed by atoms with van der Waals surface area (Å²) in [6, 6.07) is 4.93. The first kappa shape index (κ1) is 18.9. The zero-order chi connectivity index (χ0) is 19.7. The molecule has 2 aromatic heterocycles. The van der Waals surface area contributed by atoms with Crippen molar-refractivity contribution in [2.75, 3.05) is 24.6 Å². The highest BCUT2D eigenvalue weighted by Gasteiger charge is 2.31. The number of imidazole rings is 1. The summed E-state index contributed by atoms with van der Waals surface area (Å²) >= 11 is 0. The van der Waals surface area contributed by atoms with Gasteiger partial charge in [-0.05, 0) is 31.4 Å². The highest BCUT2D eigenvalue weighted by atomic mass is 32.2. The Kier molecular flexibility index (Phi) is 5.09. The summed E-state index contributed by atoms with van der Waals surface area (Å²) in [5.41, 5.74) is 0.854. The van der Waals surface area contributed by atoms with Gasteiger partial charge in [0.2, 0.25) is 5.82 Å². The fourth-order valence-electron chi connectivity index (χ4n) is 3.94. The van der Waals surface area contributed by atoms with Gasteiger partial charge in [0.05, 0.1) is 17.0 Å². The van der Waals surface area contributed by atoms with Crippen LogP contribution in [0.5, 0.6) is 0 Å². The van der Waals surface area contributed by atoms with E-state index in [9.17, 15) is 18.0 Å². The smallest absolute Gasteiger partial charge is 0.287 e. The minimum absolute atomic E-state index is 0.0540. The van der Waals surface area contributed by atoms with E-state index in [0.29, 0.717) is 25.0 Å². The molecule has 2 aliphatic heterocycles. The summed E-state index contributed by atoms with van der Waals surface area (Å²) < 4.78 is 24.9. The number of likely N-dealkylation sites (tertiary alicyclic amines) is 1. The van der Waals surface area contributed by atoms with E-state index in [1.165, 1.54) is 0 Å². The second kappa shape index (κ2) is 7.54. The molecule has 0 bridgehead atoms. The minimum Gasteiger partial charge on any atom is -0.346 e. The monoisotopic (exact) mass is 404 g/mol. The van der Waals surface area contributed by atoms with Gasteiger partial charge in [-0.1, -0.05) is 18.9 Å². The van der Waals surface area contributed by atoms with Crippen LogP contribution in [0.4, 0.5) is 0 Å². The number of carbonyl (C=O) groups is 2. The molecule has 0 saturated carbocycles. The largest absolute Gasteiger partial charge is 0.346 e. The maximum atomic E-state index is 13.1. The fourth-order valence-corrected chi connectivity index (χ4v) is 5.61. The van der Waals surface area contributed by atoms with E-state index in [2.05, 4.69) is 10.3 Å². The lowest BCUT2D eigenvalue weighted by Gasteiger charge is -2.19. The third-order valence-corrected chi connectivity index (χ3v) is 7.18. The number of nitrogens with one attached hydrogen (secondary N) is 1. The highest BCUT2D eigenvalue weighted by Crippen LogP contribution is 2.19. The molecule has 0 radical (unpaired) electrons. The molecule has 1 unspecified atom stereocenters. The van der Waals surface area contributed by atoms with Crippen molar-refractivity contribution >= 4 is 27.2 Å². The molecule has 9 heteroatoms. The Labute approximate surface area is 163 Å². The van der Waals surface area contributed by atoms with Crippen LogP contribution in [0, 0.1) is 0 Å². The number of pyridine rings is 1. The normalized spacial score (nSPS) is 22.1. The number of amides is 2. The summed E-state index contributed by atoms with van der Waals surface area (Å²) in [6.07, 6.45) is 6.28. The number of carbonyl (C=O) groups excluding carboxylic acids is 2. The molecule has 1 atom stereocenters. The molecule has 0 spiro atoms. The van der Waals surface area contributed by atoms with Crippen molar-refractivity contribution < 1.29 is 18.0 Å². The summed E-state index contributed by atoms with van der Waals surface area (Å²) in [5.74, 6) is -0.481. The zero-order valence-corrected chi connectivity index (χ0v) is 16.5. The molecule has 2 amide bonds. The van der Waals surface area contributed by atoms with Crippen LogP contribution in [-0.2, 0) is 9.84 Å². The van der Waals surface area contributed by atoms with E-state index >= 15 is 0 Å². The molecule has 1 N–H and O–H groups in total. The maximum absolute atomic E-state index is 13.1. The molecule has 8 nitrogen and oxygen atoms in total. The molecular weight excluding hydrogens is 380 g/mol. The van der Waals surface area contributed by atoms with Gasteiger partial charge in [-0.25, -0.2) is 13.4 Å². The Morgan fingerprint density at radius 3 is 2.54 bits per heavy atom. The average molecular weight is 404 g/mol. The summed E-state index contributed by atoms with van der Waals surface area (Å²) in [5, 5.41) is 2.76. The Bertz CT molecular complexity index is 1010. The number of hydrogen-bond acceptors (Lipinski definition) is 5. The number of rotatable bonds is 3. The van der Waals surface area contributed by atoms with Crippen molar-refractivity contribution in [3.05, 3.63) is 35.9 Å². The van der Waals surface area contributed by atoms with E-state index in [-0.39, 0.29) is 28.9 Å². The molecule has 2 saturated heterocycles. The predicted octanol–water partition coefficient (Wildman–Crippen LogP) is 1.27. The number of hydrogen-bond donors (Lipinski definition) is 1. The first-order chi connectivity index (χ1) is 13.4. The number of sulfone groups is 1. The van der Waals surface area contributed by atoms with Gasteiger partial charge in [-0.3, -0.25) is 14.0 Å². The number of aromatic nitrogens is 2. The molecule has 0 aliphatic carbocycles. The Morgan fingerprint density at radius 1 is 1.11 bits per heavy atom. The van der Waals surface area contributed by atoms with E-state index < -0.39 is 21.8 Å². The van der Waals surface area contributed by atoms with Crippen LogP contribution >= 0.6 is 0 Å². The summed E-state index contributed by atoms with van der Waals surface area (Å²) in [7, 11) is -3.09. The topological polar surface area (TPSA) is 101 Å². The van der Waals surface area contributed by atoms with Gasteiger partial charge < -0.3 is 10.2 Å². The van der Waals surface area contributed by atoms with Gasteiger partial charge in [0.15, 0.2) is 15.5 Å². The standard InChI is InChI=1S/C19H24N4O4S/c24-18(20-14-8-12-28(26,27)13-14)17-21-16(15-7-3-6-11-23(15)17)19(25)22-9-4-1-2-5-10-22/h3,6-7,11,14H,1-2,4-5,8-10,12-13H2,(H,20,24). The van der Waals surface area contributed by atoms with Crippen molar-refractivity contribution in [2.24, 2.45) is 0 Å². The highest BCUT2D eigenvalue weighted by molar-refractivity contribution is 7.91. The lowest BCUT2D eigenvalue weighted by Crippen LogP contribution is -2.36. The first-order valence-electron chi connectivity index (χ1n) is 9.72. The maximum Gasteiger partial charge on any atom is 0.287 e. The van der Waals surface area contributed by atoms with E-state index in [0.717, 1.165) is 25.7 Å².